The highest BCUT2D eigenvalue weighted by Crippen LogP contribution is 2.43. The highest BCUT2D eigenvalue weighted by molar-refractivity contribution is 7.47. The average molecular weight is 1100 g/mol. The fourth-order valence-electron chi connectivity index (χ4n) is 7.07. The number of phosphoric acid groups is 1. The molecular weight excluding hydrogens is 1000 g/mol. The zero-order valence-electron chi connectivity index (χ0n) is 48.3. The number of ether oxygens (including phenoxy) is 3. The van der Waals surface area contributed by atoms with Gasteiger partial charge in [-0.3, -0.25) is 23.4 Å². The van der Waals surface area contributed by atoms with Gasteiger partial charge in [0, 0.05) is 12.8 Å². The van der Waals surface area contributed by atoms with Crippen LogP contribution in [0.1, 0.15) is 201 Å². The second-order valence-electron chi connectivity index (χ2n) is 18.7. The first kappa shape index (κ1) is 73.1. The molecule has 0 amide bonds. The second kappa shape index (κ2) is 58.3. The minimum Gasteiger partial charge on any atom is -0.461 e. The summed E-state index contributed by atoms with van der Waals surface area (Å²) in [6.45, 7) is 4.16. The fraction of sp³-hybridized carbons (Fsp3) is 0.561. The zero-order chi connectivity index (χ0) is 56.9. The first-order valence-electron chi connectivity index (χ1n) is 29.4. The molecule has 3 atom stereocenters. The molecule has 0 saturated heterocycles. The van der Waals surface area contributed by atoms with E-state index in [4.69, 9.17) is 23.3 Å². The third-order valence-corrected chi connectivity index (χ3v) is 12.4. The lowest BCUT2D eigenvalue weighted by atomic mass is 10.1. The summed E-state index contributed by atoms with van der Waals surface area (Å²) in [4.78, 5) is 48.5. The first-order chi connectivity index (χ1) is 38.2. The van der Waals surface area contributed by atoms with Crippen molar-refractivity contribution in [2.24, 2.45) is 0 Å². The van der Waals surface area contributed by atoms with Crippen molar-refractivity contribution >= 4 is 25.7 Å². The molecule has 2 N–H and O–H groups in total. The topological polar surface area (TPSA) is 155 Å². The third kappa shape index (κ3) is 55.8. The van der Waals surface area contributed by atoms with Crippen LogP contribution in [0.3, 0.4) is 0 Å². The van der Waals surface area contributed by atoms with E-state index in [0.717, 1.165) is 96.3 Å². The molecule has 0 aliphatic rings. The Morgan fingerprint density at radius 3 is 1.17 bits per heavy atom. The number of esters is 3. The standard InChI is InChI=1S/C66H103O11P/c1-4-7-10-13-16-19-22-25-28-30-31-33-36-39-42-45-48-51-54-57-66(70)77-63(59-73-64(68)55-52-49-46-43-40-37-34-27-24-21-18-15-12-9-6-3)61-75-78(71,72)74-60-62(58-67)76-65(69)56-53-50-47-44-41-38-35-32-29-26-23-20-17-14-11-8-5-2/h7,9-10,12,16-21,25-29,31,33-34,39-40,42-43,48-49,51-52,62-63,67H,4-6,8,11,13-15,22-24,30,32,35-38,41,44-47,50,53-61H2,1-3H3,(H,71,72)/b10-7-,12-9-,19-16-,20-17-,21-18-,28-25-,29-26-,33-31-,34-27-,42-39-,43-40-,51-48-,52-49-. The van der Waals surface area contributed by atoms with Crippen LogP contribution in [0, 0.1) is 0 Å². The number of carbonyl (C=O) groups excluding carboxylic acids is 3. The summed E-state index contributed by atoms with van der Waals surface area (Å²) in [7, 11) is -4.80. The van der Waals surface area contributed by atoms with E-state index >= 15 is 0 Å². The van der Waals surface area contributed by atoms with E-state index in [1.807, 2.05) is 24.3 Å². The van der Waals surface area contributed by atoms with Gasteiger partial charge in [-0.2, -0.15) is 0 Å². The van der Waals surface area contributed by atoms with Gasteiger partial charge in [0.25, 0.3) is 0 Å². The zero-order valence-corrected chi connectivity index (χ0v) is 49.2. The van der Waals surface area contributed by atoms with Crippen LogP contribution in [-0.2, 0) is 42.2 Å². The normalized spacial score (nSPS) is 14.5. The van der Waals surface area contributed by atoms with Crippen molar-refractivity contribution in [3.63, 3.8) is 0 Å². The Labute approximate surface area is 473 Å². The molecule has 3 unspecified atom stereocenters. The fourth-order valence-corrected chi connectivity index (χ4v) is 7.86. The van der Waals surface area contributed by atoms with Crippen LogP contribution < -0.4 is 0 Å². The van der Waals surface area contributed by atoms with Gasteiger partial charge in [0.05, 0.1) is 26.2 Å². The molecule has 0 spiro atoms. The molecule has 78 heavy (non-hydrogen) atoms. The molecule has 11 nitrogen and oxygen atoms in total. The monoisotopic (exact) mass is 1100 g/mol. The van der Waals surface area contributed by atoms with Gasteiger partial charge in [-0.15, -0.1) is 0 Å². The summed E-state index contributed by atoms with van der Waals surface area (Å²) in [6, 6.07) is 0. The van der Waals surface area contributed by atoms with Gasteiger partial charge in [-0.1, -0.05) is 224 Å². The molecule has 0 aromatic carbocycles. The van der Waals surface area contributed by atoms with Crippen molar-refractivity contribution in [3.05, 3.63) is 158 Å². The maximum Gasteiger partial charge on any atom is 0.472 e. The molecule has 0 fully saturated rings. The molecule has 438 valence electrons. The summed E-state index contributed by atoms with van der Waals surface area (Å²) in [5.41, 5.74) is 0. The van der Waals surface area contributed by atoms with Crippen molar-refractivity contribution in [1.29, 1.82) is 0 Å². The van der Waals surface area contributed by atoms with E-state index in [2.05, 4.69) is 148 Å². The predicted octanol–water partition coefficient (Wildman–Crippen LogP) is 17.7. The van der Waals surface area contributed by atoms with E-state index in [-0.39, 0.29) is 19.3 Å². The number of hydrogen-bond acceptors (Lipinski definition) is 10. The Kier molecular flexibility index (Phi) is 54.6. The number of aliphatic hydroxyl groups is 1. The molecular formula is C66H103O11P. The lowest BCUT2D eigenvalue weighted by Crippen LogP contribution is -2.30. The van der Waals surface area contributed by atoms with E-state index in [9.17, 15) is 28.9 Å². The maximum atomic E-state index is 12.9. The number of allylic oxidation sites excluding steroid dienone is 25. The van der Waals surface area contributed by atoms with Crippen LogP contribution in [0.2, 0.25) is 0 Å². The van der Waals surface area contributed by atoms with Gasteiger partial charge in [0.15, 0.2) is 6.10 Å². The van der Waals surface area contributed by atoms with E-state index < -0.39 is 64.4 Å². The van der Waals surface area contributed by atoms with E-state index in [0.29, 0.717) is 25.7 Å². The van der Waals surface area contributed by atoms with Crippen molar-refractivity contribution in [1.82, 2.24) is 0 Å². The SMILES string of the molecule is CC/C=C\C/C=C\C/C=C\C/C=C\C/C=C\C/C=C\CCC(=O)OC(COC(=O)C/C=C\C/C=C\C/C=C\C/C=C\C/C=C\CC)COP(=O)(O)OCC(CO)OC(=O)CCCCCCCCC/C=C\C/C=C\CCCCC. The second-order valence-corrected chi connectivity index (χ2v) is 20.2. The molecule has 0 rings (SSSR count). The Morgan fingerprint density at radius 2 is 0.731 bits per heavy atom. The van der Waals surface area contributed by atoms with Crippen molar-refractivity contribution in [2.75, 3.05) is 26.4 Å². The predicted molar refractivity (Wildman–Crippen MR) is 325 cm³/mol. The number of phosphoric ester groups is 1. The van der Waals surface area contributed by atoms with Crippen LogP contribution in [0.5, 0.6) is 0 Å². The summed E-state index contributed by atoms with van der Waals surface area (Å²) in [6.07, 6.45) is 76.7. The van der Waals surface area contributed by atoms with Gasteiger partial charge in [0.2, 0.25) is 0 Å². The molecule has 0 aliphatic carbocycles. The smallest absolute Gasteiger partial charge is 0.461 e. The van der Waals surface area contributed by atoms with E-state index in [1.165, 1.54) is 38.5 Å². The Bertz CT molecular complexity index is 1910. The summed E-state index contributed by atoms with van der Waals surface area (Å²) in [5, 5.41) is 9.83. The van der Waals surface area contributed by atoms with E-state index in [1.54, 1.807) is 6.08 Å². The van der Waals surface area contributed by atoms with Crippen molar-refractivity contribution in [2.45, 2.75) is 213 Å². The third-order valence-electron chi connectivity index (χ3n) is 11.5. The highest BCUT2D eigenvalue weighted by Gasteiger charge is 2.28. The minimum atomic E-state index is -4.80. The van der Waals surface area contributed by atoms with Gasteiger partial charge in [-0.25, -0.2) is 4.57 Å². The van der Waals surface area contributed by atoms with Crippen LogP contribution in [0.25, 0.3) is 0 Å². The number of unbranched alkanes of at least 4 members (excludes halogenated alkanes) is 10. The molecule has 0 aromatic rings. The van der Waals surface area contributed by atoms with Crippen LogP contribution in [-0.4, -0.2) is 66.5 Å². The number of hydrogen-bond donors (Lipinski definition) is 2. The minimum absolute atomic E-state index is 0.0133. The number of aliphatic hydroxyl groups excluding tert-OH is 1. The maximum absolute atomic E-state index is 12.9. The Morgan fingerprint density at radius 1 is 0.385 bits per heavy atom. The summed E-state index contributed by atoms with van der Waals surface area (Å²) < 4.78 is 39.3. The van der Waals surface area contributed by atoms with Crippen molar-refractivity contribution < 1.29 is 52.2 Å². The molecule has 0 saturated carbocycles. The van der Waals surface area contributed by atoms with Crippen LogP contribution in [0.15, 0.2) is 158 Å². The van der Waals surface area contributed by atoms with Gasteiger partial charge in [-0.05, 0) is 116 Å². The summed E-state index contributed by atoms with van der Waals surface area (Å²) in [5.74, 6) is -1.75. The van der Waals surface area contributed by atoms with Gasteiger partial charge < -0.3 is 24.2 Å². The van der Waals surface area contributed by atoms with Crippen LogP contribution >= 0.6 is 7.82 Å². The lowest BCUT2D eigenvalue weighted by molar-refractivity contribution is -0.160. The van der Waals surface area contributed by atoms with Gasteiger partial charge >= 0.3 is 25.7 Å². The molecule has 0 heterocycles. The molecule has 0 radical (unpaired) electrons. The van der Waals surface area contributed by atoms with Crippen LogP contribution in [0.4, 0.5) is 0 Å². The first-order valence-corrected chi connectivity index (χ1v) is 30.9. The number of rotatable bonds is 52. The lowest BCUT2D eigenvalue weighted by Gasteiger charge is -2.21. The highest BCUT2D eigenvalue weighted by atomic mass is 31.2. The molecule has 0 aromatic heterocycles. The Balaban J connectivity index is 4.94. The summed E-state index contributed by atoms with van der Waals surface area (Å²) >= 11 is 0. The number of carbonyl (C=O) groups is 3. The molecule has 12 heteroatoms. The quantitative estimate of drug-likeness (QED) is 0.0197. The largest absolute Gasteiger partial charge is 0.472 e. The van der Waals surface area contributed by atoms with Crippen molar-refractivity contribution in [3.8, 4) is 0 Å². The van der Waals surface area contributed by atoms with Gasteiger partial charge in [0.1, 0.15) is 12.7 Å². The molecule has 0 aliphatic heterocycles. The Hall–Kier alpha value is -4.90. The molecule has 0 bridgehead atoms. The average Bonchev–Trinajstić information content (AvgIpc) is 3.43.